The first-order valence-corrected chi connectivity index (χ1v) is 14.8. The second-order valence-electron chi connectivity index (χ2n) is 5.16. The van der Waals surface area contributed by atoms with Crippen LogP contribution in [0.1, 0.15) is 59.3 Å². The zero-order valence-corrected chi connectivity index (χ0v) is 14.9. The van der Waals surface area contributed by atoms with Crippen molar-refractivity contribution in [3.05, 3.63) is 12.7 Å². The summed E-state index contributed by atoms with van der Waals surface area (Å²) in [6.45, 7) is 10.4. The van der Waals surface area contributed by atoms with Crippen molar-refractivity contribution in [1.82, 2.24) is 0 Å². The van der Waals surface area contributed by atoms with Crippen molar-refractivity contribution in [1.29, 1.82) is 0 Å². The van der Waals surface area contributed by atoms with E-state index in [9.17, 15) is 4.79 Å². The molecule has 0 heterocycles. The minimum atomic E-state index is -2.55. The van der Waals surface area contributed by atoms with Crippen molar-refractivity contribution < 1.29 is 4.79 Å². The third-order valence-corrected chi connectivity index (χ3v) is 18.5. The van der Waals surface area contributed by atoms with E-state index < -0.39 is 18.4 Å². The molecular formula is C15H30OSn. The number of allylic oxidation sites excluding steroid dienone is 1. The summed E-state index contributed by atoms with van der Waals surface area (Å²) in [6, 6.07) is 0. The van der Waals surface area contributed by atoms with Gasteiger partial charge in [-0.15, -0.1) is 0 Å². The zero-order valence-electron chi connectivity index (χ0n) is 12.1. The molecule has 17 heavy (non-hydrogen) atoms. The molecule has 0 fully saturated rings. The molecule has 0 atom stereocenters. The summed E-state index contributed by atoms with van der Waals surface area (Å²) in [7, 11) is 0. The Morgan fingerprint density at radius 2 is 1.29 bits per heavy atom. The molecule has 0 rings (SSSR count). The van der Waals surface area contributed by atoms with Crippen LogP contribution in [0.15, 0.2) is 12.7 Å². The molecule has 1 nitrogen and oxygen atoms in total. The van der Waals surface area contributed by atoms with E-state index in [4.69, 9.17) is 0 Å². The van der Waals surface area contributed by atoms with Gasteiger partial charge in [-0.1, -0.05) is 0 Å². The number of carbonyl (C=O) groups is 1. The average Bonchev–Trinajstić information content (AvgIpc) is 2.37. The third kappa shape index (κ3) is 6.08. The molecule has 0 aromatic carbocycles. The van der Waals surface area contributed by atoms with E-state index >= 15 is 0 Å². The summed E-state index contributed by atoms with van der Waals surface area (Å²) in [5, 5.41) is 0. The zero-order chi connectivity index (χ0) is 13.1. The van der Waals surface area contributed by atoms with Crippen molar-refractivity contribution in [3.63, 3.8) is 0 Å². The van der Waals surface area contributed by atoms with Crippen molar-refractivity contribution in [2.75, 3.05) is 0 Å². The van der Waals surface area contributed by atoms with Gasteiger partial charge in [-0.25, -0.2) is 0 Å². The molecule has 0 N–H and O–H groups in total. The van der Waals surface area contributed by atoms with Gasteiger partial charge >= 0.3 is 112 Å². The fourth-order valence-corrected chi connectivity index (χ4v) is 16.8. The third-order valence-electron chi connectivity index (χ3n) is 3.73. The van der Waals surface area contributed by atoms with E-state index in [-0.39, 0.29) is 0 Å². The summed E-state index contributed by atoms with van der Waals surface area (Å²) in [6.07, 6.45) is 9.08. The Kier molecular flexibility index (Phi) is 10.3. The van der Waals surface area contributed by atoms with Gasteiger partial charge in [-0.05, 0) is 0 Å². The molecule has 0 saturated heterocycles. The molecule has 0 aromatic rings. The fourth-order valence-electron chi connectivity index (χ4n) is 2.51. The predicted octanol–water partition coefficient (Wildman–Crippen LogP) is 5.13. The minimum absolute atomic E-state index is 0.495. The molecule has 0 unspecified atom stereocenters. The van der Waals surface area contributed by atoms with Gasteiger partial charge in [0.2, 0.25) is 0 Å². The van der Waals surface area contributed by atoms with Gasteiger partial charge in [-0.3, -0.25) is 0 Å². The van der Waals surface area contributed by atoms with Gasteiger partial charge in [0, 0.05) is 0 Å². The molecule has 0 aliphatic heterocycles. The van der Waals surface area contributed by atoms with Crippen LogP contribution in [0.25, 0.3) is 0 Å². The summed E-state index contributed by atoms with van der Waals surface area (Å²) in [5.74, 6) is 0. The topological polar surface area (TPSA) is 17.1 Å². The van der Waals surface area contributed by atoms with Crippen molar-refractivity contribution in [2.24, 2.45) is 0 Å². The molecule has 0 spiro atoms. The standard InChI is InChI=1S/3C4H9.C3H3O.Sn/c3*1-3-4-2;1-2-3-4;/h3*1,3-4H2,2H3;2H,1H2;. The van der Waals surface area contributed by atoms with E-state index in [1.54, 1.807) is 6.08 Å². The first kappa shape index (κ1) is 17.2. The van der Waals surface area contributed by atoms with Crippen LogP contribution in [0.3, 0.4) is 0 Å². The average molecular weight is 345 g/mol. The van der Waals surface area contributed by atoms with Gasteiger partial charge < -0.3 is 0 Å². The Morgan fingerprint density at radius 1 is 0.941 bits per heavy atom. The summed E-state index contributed by atoms with van der Waals surface area (Å²) < 4.78 is 4.27. The van der Waals surface area contributed by atoms with Crippen molar-refractivity contribution in [2.45, 2.75) is 72.6 Å². The Balaban J connectivity index is 4.76. The van der Waals surface area contributed by atoms with Gasteiger partial charge in [0.05, 0.1) is 0 Å². The van der Waals surface area contributed by atoms with Crippen LogP contribution in [0.4, 0.5) is 0 Å². The first-order valence-electron chi connectivity index (χ1n) is 7.33. The van der Waals surface area contributed by atoms with Gasteiger partial charge in [-0.2, -0.15) is 0 Å². The molecule has 100 valence electrons. The number of hydrogen-bond donors (Lipinski definition) is 0. The van der Waals surface area contributed by atoms with Crippen LogP contribution in [-0.2, 0) is 4.79 Å². The van der Waals surface area contributed by atoms with E-state index in [1.807, 2.05) is 0 Å². The molecule has 0 aliphatic rings. The second-order valence-corrected chi connectivity index (χ2v) is 18.2. The summed E-state index contributed by atoms with van der Waals surface area (Å²) in [5.41, 5.74) is 0. The number of rotatable bonds is 11. The Bertz CT molecular complexity index is 201. The van der Waals surface area contributed by atoms with Gasteiger partial charge in [0.1, 0.15) is 0 Å². The summed E-state index contributed by atoms with van der Waals surface area (Å²) in [4.78, 5) is 12.3. The van der Waals surface area contributed by atoms with Crippen molar-refractivity contribution >= 4 is 22.2 Å². The molecule has 2 heteroatoms. The van der Waals surface area contributed by atoms with Crippen molar-refractivity contribution in [3.8, 4) is 0 Å². The molecule has 0 amide bonds. The van der Waals surface area contributed by atoms with Crippen LogP contribution in [0.2, 0.25) is 13.3 Å². The van der Waals surface area contributed by atoms with E-state index in [2.05, 4.69) is 27.4 Å². The monoisotopic (exact) mass is 346 g/mol. The van der Waals surface area contributed by atoms with E-state index in [0.29, 0.717) is 3.80 Å². The normalized spacial score (nSPS) is 11.5. The van der Waals surface area contributed by atoms with Gasteiger partial charge in [0.25, 0.3) is 0 Å². The second kappa shape index (κ2) is 10.2. The van der Waals surface area contributed by atoms with Crippen LogP contribution < -0.4 is 0 Å². The number of unbranched alkanes of at least 4 members (excludes halogenated alkanes) is 3. The van der Waals surface area contributed by atoms with E-state index in [1.165, 1.54) is 51.8 Å². The Labute approximate surface area is 112 Å². The predicted molar refractivity (Wildman–Crippen MR) is 80.1 cm³/mol. The Morgan fingerprint density at radius 3 is 1.53 bits per heavy atom. The quantitative estimate of drug-likeness (QED) is 0.375. The molecule has 0 aromatic heterocycles. The van der Waals surface area contributed by atoms with Gasteiger partial charge in [0.15, 0.2) is 0 Å². The van der Waals surface area contributed by atoms with Crippen LogP contribution in [0, 0.1) is 0 Å². The molecule has 0 radical (unpaired) electrons. The SMILES string of the molecule is C=C[C](=O)[Sn]([CH2]CCC)([CH2]CCC)[CH2]CCC. The molecule has 0 aliphatic carbocycles. The summed E-state index contributed by atoms with van der Waals surface area (Å²) >= 11 is -2.55. The van der Waals surface area contributed by atoms with E-state index in [0.717, 1.165) is 0 Å². The number of carbonyl (C=O) groups excluding carboxylic acids is 1. The van der Waals surface area contributed by atoms with Crippen LogP contribution >= 0.6 is 0 Å². The first-order chi connectivity index (χ1) is 8.16. The fraction of sp³-hybridized carbons (Fsp3) is 0.800. The maximum atomic E-state index is 12.3. The number of hydrogen-bond acceptors (Lipinski definition) is 1. The molecule has 0 bridgehead atoms. The maximum absolute atomic E-state index is 12.3. The Hall–Kier alpha value is 0.209. The molecule has 0 saturated carbocycles. The molecular weight excluding hydrogens is 315 g/mol. The van der Waals surface area contributed by atoms with Crippen LogP contribution in [-0.4, -0.2) is 22.2 Å². The van der Waals surface area contributed by atoms with Crippen LogP contribution in [0.5, 0.6) is 0 Å².